The van der Waals surface area contributed by atoms with Crippen molar-refractivity contribution in [3.8, 4) is 0 Å². The molecule has 0 bridgehead atoms. The molecule has 2 rings (SSSR count). The monoisotopic (exact) mass is 348 g/mol. The van der Waals surface area contributed by atoms with Gasteiger partial charge in [-0.2, -0.15) is 0 Å². The molecule has 7 nitrogen and oxygen atoms in total. The van der Waals surface area contributed by atoms with E-state index in [0.717, 1.165) is 5.56 Å². The number of carboxylic acid groups (broad SMARTS) is 1. The van der Waals surface area contributed by atoms with E-state index in [1.165, 1.54) is 11.9 Å². The van der Waals surface area contributed by atoms with Crippen molar-refractivity contribution in [1.29, 1.82) is 0 Å². The lowest BCUT2D eigenvalue weighted by atomic mass is 9.93. The molecule has 0 radical (unpaired) electrons. The van der Waals surface area contributed by atoms with Gasteiger partial charge in [-0.25, -0.2) is 5.48 Å². The third-order valence-electron chi connectivity index (χ3n) is 4.93. The van der Waals surface area contributed by atoms with Crippen LogP contribution >= 0.6 is 0 Å². The van der Waals surface area contributed by atoms with E-state index in [4.69, 9.17) is 5.21 Å². The zero-order valence-electron chi connectivity index (χ0n) is 14.2. The molecule has 1 aliphatic carbocycles. The number of rotatable bonds is 7. The van der Waals surface area contributed by atoms with Gasteiger partial charge in [-0.1, -0.05) is 36.8 Å². The Morgan fingerprint density at radius 2 is 1.84 bits per heavy atom. The highest BCUT2D eigenvalue weighted by Crippen LogP contribution is 2.33. The fraction of sp³-hybridized carbons (Fsp3) is 0.500. The summed E-state index contributed by atoms with van der Waals surface area (Å²) in [7, 11) is 1.49. The van der Waals surface area contributed by atoms with Gasteiger partial charge in [-0.05, 0) is 31.2 Å². The molecule has 1 aliphatic rings. The first-order valence-corrected chi connectivity index (χ1v) is 8.43. The Labute approximate surface area is 146 Å². The number of benzene rings is 1. The van der Waals surface area contributed by atoms with Crippen molar-refractivity contribution in [2.24, 2.45) is 11.8 Å². The molecule has 7 heteroatoms. The molecule has 1 aromatic rings. The Hall–Kier alpha value is -2.41. The zero-order valence-corrected chi connectivity index (χ0v) is 14.2. The van der Waals surface area contributed by atoms with Crippen LogP contribution in [-0.2, 0) is 20.8 Å². The van der Waals surface area contributed by atoms with Crippen molar-refractivity contribution in [2.75, 3.05) is 7.05 Å². The van der Waals surface area contributed by atoms with Crippen molar-refractivity contribution < 1.29 is 24.7 Å². The van der Waals surface area contributed by atoms with Crippen LogP contribution in [0.5, 0.6) is 0 Å². The highest BCUT2D eigenvalue weighted by molar-refractivity contribution is 5.90. The number of hydrogen-bond donors (Lipinski definition) is 3. The number of carboxylic acids is 1. The molecule has 3 N–H and O–H groups in total. The zero-order chi connectivity index (χ0) is 18.4. The van der Waals surface area contributed by atoms with E-state index in [1.807, 2.05) is 30.3 Å². The van der Waals surface area contributed by atoms with Crippen LogP contribution in [0.1, 0.15) is 31.2 Å². The van der Waals surface area contributed by atoms with E-state index in [9.17, 15) is 19.5 Å². The molecule has 25 heavy (non-hydrogen) atoms. The highest BCUT2D eigenvalue weighted by Gasteiger charge is 2.41. The second-order valence-corrected chi connectivity index (χ2v) is 6.45. The molecule has 136 valence electrons. The van der Waals surface area contributed by atoms with Crippen molar-refractivity contribution in [3.63, 3.8) is 0 Å². The van der Waals surface area contributed by atoms with Crippen molar-refractivity contribution >= 4 is 17.8 Å². The molecule has 1 aromatic carbocycles. The number of carbonyl (C=O) groups excluding carboxylic acids is 2. The van der Waals surface area contributed by atoms with Crippen LogP contribution in [0.25, 0.3) is 0 Å². The molecule has 1 fully saturated rings. The predicted octanol–water partition coefficient (Wildman–Crippen LogP) is 1.45. The standard InChI is InChI=1S/C18H24N2O5/c1-20(17(22)13-8-5-9-14(13)18(23)24)15(16(21)19-25)11-10-12-6-3-2-4-7-12/h2-4,6-7,13-15,25H,5,8-11H2,1H3,(H,19,21)(H,23,24)/t13-,14+,15?/m1/s1. The normalized spacial score (nSPS) is 20.7. The molecule has 0 aromatic heterocycles. The summed E-state index contributed by atoms with van der Waals surface area (Å²) in [5.41, 5.74) is 2.63. The number of amides is 2. The third-order valence-corrected chi connectivity index (χ3v) is 4.93. The number of aryl methyl sites for hydroxylation is 1. The van der Waals surface area contributed by atoms with Gasteiger partial charge in [0.25, 0.3) is 5.91 Å². The summed E-state index contributed by atoms with van der Waals surface area (Å²) in [6.45, 7) is 0. The number of aliphatic carboxylic acids is 1. The first kappa shape index (κ1) is 18.9. The third kappa shape index (κ3) is 4.57. The Balaban J connectivity index is 2.09. The lowest BCUT2D eigenvalue weighted by Gasteiger charge is -2.30. The predicted molar refractivity (Wildman–Crippen MR) is 89.7 cm³/mol. The SMILES string of the molecule is CN(C(=O)[C@@H]1CCC[C@@H]1C(=O)O)C(CCc1ccccc1)C(=O)NO. The van der Waals surface area contributed by atoms with Gasteiger partial charge in [0, 0.05) is 7.05 Å². The van der Waals surface area contributed by atoms with Gasteiger partial charge in [-0.15, -0.1) is 0 Å². The average molecular weight is 348 g/mol. The van der Waals surface area contributed by atoms with Gasteiger partial charge in [0.05, 0.1) is 11.8 Å². The molecule has 3 atom stereocenters. The average Bonchev–Trinajstić information content (AvgIpc) is 3.11. The van der Waals surface area contributed by atoms with Gasteiger partial charge in [-0.3, -0.25) is 19.6 Å². The van der Waals surface area contributed by atoms with E-state index >= 15 is 0 Å². The minimum absolute atomic E-state index is 0.336. The van der Waals surface area contributed by atoms with Crippen molar-refractivity contribution in [3.05, 3.63) is 35.9 Å². The summed E-state index contributed by atoms with van der Waals surface area (Å²) in [5, 5.41) is 18.3. The van der Waals surface area contributed by atoms with Gasteiger partial charge in [0.15, 0.2) is 0 Å². The summed E-state index contributed by atoms with van der Waals surface area (Å²) >= 11 is 0. The minimum Gasteiger partial charge on any atom is -0.481 e. The first-order valence-electron chi connectivity index (χ1n) is 8.43. The topological polar surface area (TPSA) is 107 Å². The van der Waals surface area contributed by atoms with Gasteiger partial charge < -0.3 is 10.0 Å². The molecular weight excluding hydrogens is 324 g/mol. The molecule has 1 unspecified atom stereocenters. The Kier molecular flexibility index (Phi) is 6.52. The number of hydrogen-bond acceptors (Lipinski definition) is 4. The van der Waals surface area contributed by atoms with Crippen molar-refractivity contribution in [2.45, 2.75) is 38.1 Å². The maximum Gasteiger partial charge on any atom is 0.307 e. The smallest absolute Gasteiger partial charge is 0.307 e. The van der Waals surface area contributed by atoms with Crippen LogP contribution in [0, 0.1) is 11.8 Å². The fourth-order valence-corrected chi connectivity index (χ4v) is 3.49. The number of nitrogens with zero attached hydrogens (tertiary/aromatic N) is 1. The minimum atomic E-state index is -0.975. The fourth-order valence-electron chi connectivity index (χ4n) is 3.49. The second-order valence-electron chi connectivity index (χ2n) is 6.45. The Morgan fingerprint density at radius 3 is 2.44 bits per heavy atom. The first-order chi connectivity index (χ1) is 12.0. The number of hydroxylamine groups is 1. The molecule has 0 spiro atoms. The molecular formula is C18H24N2O5. The van der Waals surface area contributed by atoms with Crippen LogP contribution < -0.4 is 5.48 Å². The van der Waals surface area contributed by atoms with Gasteiger partial charge in [0.2, 0.25) is 5.91 Å². The van der Waals surface area contributed by atoms with E-state index in [2.05, 4.69) is 0 Å². The van der Waals surface area contributed by atoms with Crippen LogP contribution in [0.15, 0.2) is 30.3 Å². The summed E-state index contributed by atoms with van der Waals surface area (Å²) in [6.07, 6.45) is 2.56. The summed E-state index contributed by atoms with van der Waals surface area (Å²) in [6, 6.07) is 8.67. The van der Waals surface area contributed by atoms with Crippen LogP contribution in [-0.4, -0.2) is 46.1 Å². The van der Waals surface area contributed by atoms with Crippen LogP contribution in [0.4, 0.5) is 0 Å². The quantitative estimate of drug-likeness (QED) is 0.511. The molecule has 0 heterocycles. The van der Waals surface area contributed by atoms with E-state index in [1.54, 1.807) is 5.48 Å². The largest absolute Gasteiger partial charge is 0.481 e. The number of likely N-dealkylation sites (N-methyl/N-ethyl adjacent to an activating group) is 1. The van der Waals surface area contributed by atoms with Crippen LogP contribution in [0.2, 0.25) is 0 Å². The van der Waals surface area contributed by atoms with Crippen LogP contribution in [0.3, 0.4) is 0 Å². The lowest BCUT2D eigenvalue weighted by molar-refractivity contribution is -0.151. The van der Waals surface area contributed by atoms with Crippen molar-refractivity contribution in [1.82, 2.24) is 10.4 Å². The Morgan fingerprint density at radius 1 is 1.20 bits per heavy atom. The van der Waals surface area contributed by atoms with Gasteiger partial charge >= 0.3 is 5.97 Å². The molecule has 0 saturated heterocycles. The maximum absolute atomic E-state index is 12.7. The summed E-state index contributed by atoms with van der Waals surface area (Å²) in [4.78, 5) is 37.4. The summed E-state index contributed by atoms with van der Waals surface area (Å²) in [5.74, 6) is -3.32. The second kappa shape index (κ2) is 8.62. The lowest BCUT2D eigenvalue weighted by Crippen LogP contribution is -2.50. The van der Waals surface area contributed by atoms with Gasteiger partial charge in [0.1, 0.15) is 6.04 Å². The maximum atomic E-state index is 12.7. The summed E-state index contributed by atoms with van der Waals surface area (Å²) < 4.78 is 0. The number of nitrogens with one attached hydrogen (secondary N) is 1. The number of carbonyl (C=O) groups is 3. The van der Waals surface area contributed by atoms with E-state index in [0.29, 0.717) is 32.1 Å². The highest BCUT2D eigenvalue weighted by atomic mass is 16.5. The Bertz CT molecular complexity index is 619. The van der Waals surface area contributed by atoms with E-state index in [-0.39, 0.29) is 5.91 Å². The van der Waals surface area contributed by atoms with E-state index < -0.39 is 29.8 Å². The molecule has 0 aliphatic heterocycles. The molecule has 1 saturated carbocycles. The molecule has 2 amide bonds.